The van der Waals surface area contributed by atoms with Crippen LogP contribution in [0.25, 0.3) is 0 Å². The van der Waals surface area contributed by atoms with Crippen LogP contribution in [0.15, 0.2) is 17.0 Å². The van der Waals surface area contributed by atoms with Gasteiger partial charge in [0.15, 0.2) is 0 Å². The first-order valence-corrected chi connectivity index (χ1v) is 11.3. The van der Waals surface area contributed by atoms with Gasteiger partial charge in [0, 0.05) is 27.7 Å². The minimum atomic E-state index is -1.09. The fourth-order valence-corrected chi connectivity index (χ4v) is 9.06. The molecule has 1 N–H and O–H groups in total. The molecule has 0 aromatic heterocycles. The lowest BCUT2D eigenvalue weighted by Crippen LogP contribution is -2.59. The maximum atomic E-state index is 13.2. The lowest BCUT2D eigenvalue weighted by Gasteiger charge is -2.63. The van der Waals surface area contributed by atoms with Crippen LogP contribution in [0.3, 0.4) is 0 Å². The summed E-state index contributed by atoms with van der Waals surface area (Å²) in [6.45, 7) is 9.60. The van der Waals surface area contributed by atoms with Crippen molar-refractivity contribution >= 4 is 10.8 Å². The first kappa shape index (κ1) is 18.3. The molecule has 0 radical (unpaired) electrons. The van der Waals surface area contributed by atoms with Gasteiger partial charge in [0.1, 0.15) is 11.5 Å². The summed E-state index contributed by atoms with van der Waals surface area (Å²) < 4.78 is 18.5. The van der Waals surface area contributed by atoms with Crippen molar-refractivity contribution in [1.29, 1.82) is 0 Å². The smallest absolute Gasteiger partial charge is 0.124 e. The molecule has 4 rings (SSSR count). The number of fused-ring (bicyclic) bond motifs is 5. The quantitative estimate of drug-likeness (QED) is 0.748. The Morgan fingerprint density at radius 2 is 1.85 bits per heavy atom. The first-order chi connectivity index (χ1) is 12.1. The molecule has 3 nitrogen and oxygen atoms in total. The summed E-state index contributed by atoms with van der Waals surface area (Å²) in [6, 6.07) is 3.58. The topological polar surface area (TPSA) is 46.5 Å². The Morgan fingerprint density at radius 1 is 1.12 bits per heavy atom. The van der Waals surface area contributed by atoms with Crippen LogP contribution in [0.2, 0.25) is 0 Å². The second kappa shape index (κ2) is 5.73. The van der Waals surface area contributed by atoms with Gasteiger partial charge in [-0.1, -0.05) is 34.1 Å². The number of rotatable bonds is 1. The molecular weight excluding hydrogens is 344 g/mol. The standard InChI is InChI=1S/C22H32O3S/c1-20(2)8-6-9-21(3)17(20)7-10-22(4)18(21)13-26(24)16-12-14(25-5)11-15(23)19(16)22/h11-12,17-18,23H,6-10,13H2,1-5H3/t17-,18+,21-,22+,26?/m0/s1. The van der Waals surface area contributed by atoms with Crippen LogP contribution in [0.4, 0.5) is 0 Å². The van der Waals surface area contributed by atoms with E-state index < -0.39 is 10.8 Å². The van der Waals surface area contributed by atoms with Gasteiger partial charge in [-0.2, -0.15) is 0 Å². The zero-order chi connectivity index (χ0) is 18.9. The molecule has 26 heavy (non-hydrogen) atoms. The largest absolute Gasteiger partial charge is 0.507 e. The molecule has 1 aliphatic heterocycles. The maximum Gasteiger partial charge on any atom is 0.124 e. The van der Waals surface area contributed by atoms with E-state index in [9.17, 15) is 9.32 Å². The second-order valence-electron chi connectivity index (χ2n) is 9.94. The Morgan fingerprint density at radius 3 is 2.54 bits per heavy atom. The zero-order valence-corrected chi connectivity index (χ0v) is 17.5. The van der Waals surface area contributed by atoms with E-state index in [0.29, 0.717) is 28.8 Å². The maximum absolute atomic E-state index is 13.2. The van der Waals surface area contributed by atoms with Crippen molar-refractivity contribution in [3.05, 3.63) is 17.7 Å². The molecule has 1 heterocycles. The molecule has 0 spiro atoms. The molecule has 0 bridgehead atoms. The van der Waals surface area contributed by atoms with Gasteiger partial charge in [-0.3, -0.25) is 4.21 Å². The fourth-order valence-electron chi connectivity index (χ4n) is 7.01. The summed E-state index contributed by atoms with van der Waals surface area (Å²) in [7, 11) is 0.504. The Balaban J connectivity index is 1.88. The van der Waals surface area contributed by atoms with Crippen LogP contribution in [0.1, 0.15) is 65.4 Å². The van der Waals surface area contributed by atoms with E-state index >= 15 is 0 Å². The third kappa shape index (κ3) is 2.33. The Bertz CT molecular complexity index is 771. The van der Waals surface area contributed by atoms with Crippen molar-refractivity contribution < 1.29 is 14.1 Å². The van der Waals surface area contributed by atoms with E-state index in [-0.39, 0.29) is 16.6 Å². The SMILES string of the molecule is COc1cc(O)c2c(c1)S(=O)C[C@@H]1[C@@]3(C)CCCC(C)(C)[C@@H]3CC[C@@]21C. The number of benzene rings is 1. The van der Waals surface area contributed by atoms with Crippen LogP contribution < -0.4 is 4.74 Å². The Hall–Kier alpha value is -1.03. The highest BCUT2D eigenvalue weighted by molar-refractivity contribution is 7.85. The van der Waals surface area contributed by atoms with Gasteiger partial charge in [0.2, 0.25) is 0 Å². The lowest BCUT2D eigenvalue weighted by molar-refractivity contribution is -0.0981. The first-order valence-electron chi connectivity index (χ1n) is 9.93. The minimum absolute atomic E-state index is 0.113. The van der Waals surface area contributed by atoms with E-state index in [1.54, 1.807) is 13.2 Å². The predicted octanol–water partition coefficient (Wildman–Crippen LogP) is 5.02. The molecule has 2 saturated carbocycles. The molecule has 1 aromatic rings. The van der Waals surface area contributed by atoms with E-state index in [2.05, 4.69) is 27.7 Å². The summed E-state index contributed by atoms with van der Waals surface area (Å²) in [6.07, 6.45) is 6.00. The van der Waals surface area contributed by atoms with Crippen molar-refractivity contribution in [2.24, 2.45) is 22.7 Å². The Kier molecular flexibility index (Phi) is 4.04. The van der Waals surface area contributed by atoms with Crippen LogP contribution >= 0.6 is 0 Å². The molecule has 144 valence electrons. The molecule has 2 aliphatic carbocycles. The Labute approximate surface area is 160 Å². The fraction of sp³-hybridized carbons (Fsp3) is 0.727. The van der Waals surface area contributed by atoms with Crippen molar-refractivity contribution in [2.45, 2.75) is 70.1 Å². The predicted molar refractivity (Wildman–Crippen MR) is 105 cm³/mol. The van der Waals surface area contributed by atoms with E-state index in [1.807, 2.05) is 6.07 Å². The number of hydrogen-bond donors (Lipinski definition) is 1. The van der Waals surface area contributed by atoms with Crippen molar-refractivity contribution in [3.63, 3.8) is 0 Å². The third-order valence-electron chi connectivity index (χ3n) is 8.22. The summed E-state index contributed by atoms with van der Waals surface area (Å²) in [5, 5.41) is 10.9. The highest BCUT2D eigenvalue weighted by Crippen LogP contribution is 2.67. The third-order valence-corrected chi connectivity index (χ3v) is 9.67. The minimum Gasteiger partial charge on any atom is -0.507 e. The normalized spacial score (nSPS) is 40.9. The average Bonchev–Trinajstić information content (AvgIpc) is 2.55. The van der Waals surface area contributed by atoms with E-state index in [1.165, 1.54) is 25.7 Å². The van der Waals surface area contributed by atoms with Crippen LogP contribution in [-0.2, 0) is 16.2 Å². The lowest BCUT2D eigenvalue weighted by atomic mass is 9.43. The molecule has 0 saturated heterocycles. The summed E-state index contributed by atoms with van der Waals surface area (Å²) in [5.74, 6) is 2.58. The molecule has 2 fully saturated rings. The van der Waals surface area contributed by atoms with Gasteiger partial charge < -0.3 is 9.84 Å². The zero-order valence-electron chi connectivity index (χ0n) is 16.7. The summed E-state index contributed by atoms with van der Waals surface area (Å²) in [4.78, 5) is 0.790. The van der Waals surface area contributed by atoms with Crippen LogP contribution in [-0.4, -0.2) is 22.2 Å². The van der Waals surface area contributed by atoms with Gasteiger partial charge >= 0.3 is 0 Å². The number of phenols is 1. The second-order valence-corrected chi connectivity index (χ2v) is 11.4. The summed E-state index contributed by atoms with van der Waals surface area (Å²) in [5.41, 5.74) is 1.35. The van der Waals surface area contributed by atoms with Gasteiger partial charge in [0.25, 0.3) is 0 Å². The van der Waals surface area contributed by atoms with Crippen molar-refractivity contribution in [1.82, 2.24) is 0 Å². The highest BCUT2D eigenvalue weighted by atomic mass is 32.2. The molecule has 4 heteroatoms. The monoisotopic (exact) mass is 376 g/mol. The number of ether oxygens (including phenoxy) is 1. The molecule has 5 atom stereocenters. The molecule has 3 aliphatic rings. The molecule has 0 amide bonds. The summed E-state index contributed by atoms with van der Waals surface area (Å²) >= 11 is 0. The van der Waals surface area contributed by atoms with Gasteiger partial charge in [-0.25, -0.2) is 0 Å². The van der Waals surface area contributed by atoms with Crippen LogP contribution in [0, 0.1) is 22.7 Å². The van der Waals surface area contributed by atoms with Crippen LogP contribution in [0.5, 0.6) is 11.5 Å². The number of phenolic OH excluding ortho intramolecular Hbond substituents is 1. The highest BCUT2D eigenvalue weighted by Gasteiger charge is 2.61. The number of methoxy groups -OCH3 is 1. The number of hydrogen-bond acceptors (Lipinski definition) is 3. The van der Waals surface area contributed by atoms with E-state index in [4.69, 9.17) is 4.74 Å². The number of aromatic hydroxyl groups is 1. The van der Waals surface area contributed by atoms with Crippen molar-refractivity contribution in [3.8, 4) is 11.5 Å². The van der Waals surface area contributed by atoms with Gasteiger partial charge in [-0.05, 0) is 54.4 Å². The van der Waals surface area contributed by atoms with Gasteiger partial charge in [0.05, 0.1) is 17.9 Å². The van der Waals surface area contributed by atoms with Crippen molar-refractivity contribution in [2.75, 3.05) is 12.9 Å². The average molecular weight is 377 g/mol. The van der Waals surface area contributed by atoms with E-state index in [0.717, 1.165) is 16.9 Å². The molecule has 1 aromatic carbocycles. The van der Waals surface area contributed by atoms with Gasteiger partial charge in [-0.15, -0.1) is 0 Å². The molecular formula is C22H32O3S. The molecule has 1 unspecified atom stereocenters.